The third-order valence-electron chi connectivity index (χ3n) is 6.68. The fourth-order valence-electron chi connectivity index (χ4n) is 5.52. The molecule has 5 heteroatoms. The monoisotopic (exact) mass is 418 g/mol. The predicted octanol–water partition coefficient (Wildman–Crippen LogP) is 7.37. The maximum atomic E-state index is 14.4. The van der Waals surface area contributed by atoms with E-state index in [4.69, 9.17) is 0 Å². The topological polar surface area (TPSA) is 9.23 Å². The summed E-state index contributed by atoms with van der Waals surface area (Å²) in [6.45, 7) is -0.759. The molecule has 0 radical (unpaired) electrons. The Balaban J connectivity index is 1.70. The number of allylic oxidation sites excluding steroid dienone is 2. The number of hydrogen-bond acceptors (Lipinski definition) is 1. The van der Waals surface area contributed by atoms with Gasteiger partial charge in [0.2, 0.25) is 0 Å². The highest BCUT2D eigenvalue weighted by Crippen LogP contribution is 2.54. The van der Waals surface area contributed by atoms with Gasteiger partial charge in [-0.05, 0) is 90.7 Å². The van der Waals surface area contributed by atoms with Gasteiger partial charge in [-0.15, -0.1) is 0 Å². The van der Waals surface area contributed by atoms with Crippen molar-refractivity contribution < 1.29 is 22.3 Å². The number of ether oxygens (including phenoxy) is 1. The molecule has 4 unspecified atom stereocenters. The van der Waals surface area contributed by atoms with E-state index in [1.807, 2.05) is 12.1 Å². The molecule has 4 rings (SSSR count). The summed E-state index contributed by atoms with van der Waals surface area (Å²) >= 11 is 0. The number of alkyl halides is 2. The van der Waals surface area contributed by atoms with E-state index < -0.39 is 18.2 Å². The number of hydrogen-bond donors (Lipinski definition) is 0. The van der Waals surface area contributed by atoms with Crippen molar-refractivity contribution in [1.29, 1.82) is 0 Å². The van der Waals surface area contributed by atoms with Crippen molar-refractivity contribution in [2.45, 2.75) is 57.5 Å². The van der Waals surface area contributed by atoms with Gasteiger partial charge in [0, 0.05) is 6.07 Å². The molecule has 2 aliphatic rings. The molecule has 0 bridgehead atoms. The van der Waals surface area contributed by atoms with Gasteiger partial charge < -0.3 is 4.74 Å². The van der Waals surface area contributed by atoms with Gasteiger partial charge in [0.25, 0.3) is 0 Å². The second kappa shape index (κ2) is 8.83. The van der Waals surface area contributed by atoms with Crippen LogP contribution in [0.5, 0.6) is 5.75 Å². The lowest BCUT2D eigenvalue weighted by molar-refractivity contribution is -0.0498. The van der Waals surface area contributed by atoms with Crippen LogP contribution in [-0.4, -0.2) is 6.61 Å². The highest BCUT2D eigenvalue weighted by atomic mass is 19.3. The smallest absolute Gasteiger partial charge is 0.387 e. The van der Waals surface area contributed by atoms with Crippen molar-refractivity contribution >= 4 is 0 Å². The lowest BCUT2D eigenvalue weighted by atomic mass is 9.58. The molecular weight excluding hydrogens is 392 g/mol. The quantitative estimate of drug-likeness (QED) is 0.364. The summed E-state index contributed by atoms with van der Waals surface area (Å²) in [7, 11) is 0. The number of halogens is 4. The number of benzene rings is 2. The maximum absolute atomic E-state index is 14.4. The summed E-state index contributed by atoms with van der Waals surface area (Å²) in [5.74, 6) is 0.0130. The predicted molar refractivity (Wildman–Crippen MR) is 109 cm³/mol. The zero-order chi connectivity index (χ0) is 21.3. The van der Waals surface area contributed by atoms with E-state index in [-0.39, 0.29) is 23.5 Å². The molecule has 2 aromatic rings. The Morgan fingerprint density at radius 2 is 1.83 bits per heavy atom. The van der Waals surface area contributed by atoms with E-state index in [0.717, 1.165) is 42.9 Å². The van der Waals surface area contributed by atoms with Crippen LogP contribution in [-0.2, 0) is 6.42 Å². The van der Waals surface area contributed by atoms with Crippen LogP contribution in [0.3, 0.4) is 0 Å². The van der Waals surface area contributed by atoms with Crippen molar-refractivity contribution in [3.63, 3.8) is 0 Å². The summed E-state index contributed by atoms with van der Waals surface area (Å²) < 4.78 is 57.9. The first-order valence-electron chi connectivity index (χ1n) is 10.7. The highest BCUT2D eigenvalue weighted by Gasteiger charge is 2.43. The Morgan fingerprint density at radius 1 is 1.07 bits per heavy atom. The van der Waals surface area contributed by atoms with Crippen LogP contribution in [0.1, 0.15) is 61.1 Å². The minimum absolute atomic E-state index is 0.104. The van der Waals surface area contributed by atoms with Crippen molar-refractivity contribution in [3.8, 4) is 5.75 Å². The van der Waals surface area contributed by atoms with E-state index >= 15 is 0 Å². The van der Waals surface area contributed by atoms with E-state index in [1.165, 1.54) is 6.07 Å². The average Bonchev–Trinajstić information content (AvgIpc) is 2.71. The lowest BCUT2D eigenvalue weighted by Gasteiger charge is -2.46. The summed E-state index contributed by atoms with van der Waals surface area (Å²) in [5.41, 5.74) is 2.53. The number of fused-ring (bicyclic) bond motifs is 3. The molecule has 0 aliphatic heterocycles. The van der Waals surface area contributed by atoms with Gasteiger partial charge in [0.05, 0.1) is 0 Å². The van der Waals surface area contributed by atoms with Crippen LogP contribution in [0.4, 0.5) is 17.6 Å². The first kappa shape index (κ1) is 21.0. The maximum Gasteiger partial charge on any atom is 0.387 e. The second-order valence-corrected chi connectivity index (χ2v) is 8.32. The zero-order valence-electron chi connectivity index (χ0n) is 17.0. The van der Waals surface area contributed by atoms with E-state index in [9.17, 15) is 17.6 Å². The fraction of sp³-hybridized carbons (Fsp3) is 0.440. The van der Waals surface area contributed by atoms with Gasteiger partial charge in [-0.3, -0.25) is 0 Å². The lowest BCUT2D eigenvalue weighted by Crippen LogP contribution is -2.35. The molecule has 30 heavy (non-hydrogen) atoms. The van der Waals surface area contributed by atoms with Crippen LogP contribution in [0.2, 0.25) is 0 Å². The van der Waals surface area contributed by atoms with Gasteiger partial charge >= 0.3 is 6.61 Å². The molecule has 160 valence electrons. The second-order valence-electron chi connectivity index (χ2n) is 8.32. The van der Waals surface area contributed by atoms with E-state index in [1.54, 1.807) is 12.1 Å². The molecule has 0 spiro atoms. The molecule has 1 fully saturated rings. The first-order chi connectivity index (χ1) is 14.5. The highest BCUT2D eigenvalue weighted by molar-refractivity contribution is 5.39. The molecule has 0 heterocycles. The van der Waals surface area contributed by atoms with E-state index in [0.29, 0.717) is 17.9 Å². The minimum Gasteiger partial charge on any atom is -0.435 e. The Kier molecular flexibility index (Phi) is 6.16. The SMILES string of the molecule is CCC=CC1CCC2c3cc(F)cc(F)c3CCC2C1c1ccc(OC(F)F)cc1. The van der Waals surface area contributed by atoms with Crippen LogP contribution in [0.15, 0.2) is 48.6 Å². The normalized spacial score (nSPS) is 25.9. The minimum atomic E-state index is -2.85. The standard InChI is InChI=1S/C25H26F4O/c1-2-3-4-15-7-10-19-21(12-11-20-22(19)13-17(26)14-23(20)27)24(15)16-5-8-18(9-6-16)30-25(28)29/h3-6,8-9,13-15,19,21,24-25H,2,7,10-12H2,1H3. The summed E-state index contributed by atoms with van der Waals surface area (Å²) in [5, 5.41) is 0. The molecule has 0 aromatic heterocycles. The van der Waals surface area contributed by atoms with Crippen LogP contribution >= 0.6 is 0 Å². The van der Waals surface area contributed by atoms with Gasteiger partial charge in [0.15, 0.2) is 0 Å². The van der Waals surface area contributed by atoms with Crippen LogP contribution in [0, 0.1) is 23.5 Å². The Labute approximate surface area is 174 Å². The summed E-state index contributed by atoms with van der Waals surface area (Å²) in [4.78, 5) is 0. The van der Waals surface area contributed by atoms with Gasteiger partial charge in [0.1, 0.15) is 17.4 Å². The number of rotatable bonds is 5. The third kappa shape index (κ3) is 4.12. The summed E-state index contributed by atoms with van der Waals surface area (Å²) in [6.07, 6.45) is 8.61. The first-order valence-corrected chi connectivity index (χ1v) is 10.7. The van der Waals surface area contributed by atoms with E-state index in [2.05, 4.69) is 23.8 Å². The molecular formula is C25H26F4O. The molecule has 2 aromatic carbocycles. The molecule has 0 N–H and O–H groups in total. The van der Waals surface area contributed by atoms with Gasteiger partial charge in [-0.25, -0.2) is 8.78 Å². The van der Waals surface area contributed by atoms with Gasteiger partial charge in [-0.2, -0.15) is 8.78 Å². The van der Waals surface area contributed by atoms with Crippen molar-refractivity contribution in [1.82, 2.24) is 0 Å². The van der Waals surface area contributed by atoms with Crippen LogP contribution < -0.4 is 4.74 Å². The van der Waals surface area contributed by atoms with Crippen molar-refractivity contribution in [2.75, 3.05) is 0 Å². The molecule has 0 saturated heterocycles. The fourth-order valence-corrected chi connectivity index (χ4v) is 5.52. The Bertz CT molecular complexity index is 906. The third-order valence-corrected chi connectivity index (χ3v) is 6.68. The van der Waals surface area contributed by atoms with Crippen LogP contribution in [0.25, 0.3) is 0 Å². The molecule has 1 nitrogen and oxygen atoms in total. The average molecular weight is 418 g/mol. The molecule has 1 saturated carbocycles. The zero-order valence-corrected chi connectivity index (χ0v) is 17.0. The molecule has 0 amide bonds. The largest absolute Gasteiger partial charge is 0.435 e. The summed E-state index contributed by atoms with van der Waals surface area (Å²) in [6, 6.07) is 9.38. The van der Waals surface area contributed by atoms with Crippen molar-refractivity contribution in [3.05, 3.63) is 76.9 Å². The molecule has 2 aliphatic carbocycles. The molecule has 4 atom stereocenters. The Morgan fingerprint density at radius 3 is 2.53 bits per heavy atom. The van der Waals surface area contributed by atoms with Crippen molar-refractivity contribution in [2.24, 2.45) is 11.8 Å². The Hall–Kier alpha value is -2.30. The van der Waals surface area contributed by atoms with Gasteiger partial charge in [-0.1, -0.05) is 31.2 Å².